The lowest BCUT2D eigenvalue weighted by Gasteiger charge is -2.20. The summed E-state index contributed by atoms with van der Waals surface area (Å²) in [7, 11) is 0. The minimum absolute atomic E-state index is 0.0780. The van der Waals surface area contributed by atoms with Gasteiger partial charge in [0, 0.05) is 23.8 Å². The molecule has 0 saturated heterocycles. The number of hydrogen-bond acceptors (Lipinski definition) is 1. The van der Waals surface area contributed by atoms with Crippen molar-refractivity contribution in [2.45, 2.75) is 53.1 Å². The van der Waals surface area contributed by atoms with Crippen molar-refractivity contribution in [3.8, 4) is 0 Å². The van der Waals surface area contributed by atoms with E-state index in [1.165, 1.54) is 39.2 Å². The number of aromatic amines is 2. The van der Waals surface area contributed by atoms with Crippen LogP contribution >= 0.6 is 0 Å². The number of aliphatic hydroxyl groups excluding tert-OH is 1. The molecule has 0 aliphatic heterocycles. The maximum Gasteiger partial charge on any atom is 0.0681 e. The molecular formula is C22H28N2O. The van der Waals surface area contributed by atoms with Crippen molar-refractivity contribution >= 4 is 0 Å². The van der Waals surface area contributed by atoms with Gasteiger partial charge in [0.15, 0.2) is 0 Å². The Balaban J connectivity index is 2.20. The van der Waals surface area contributed by atoms with Gasteiger partial charge in [-0.25, -0.2) is 0 Å². The van der Waals surface area contributed by atoms with Crippen LogP contribution in [-0.2, 0) is 19.4 Å². The Bertz CT molecular complexity index is 791. The number of benzene rings is 1. The second-order valence-corrected chi connectivity index (χ2v) is 6.77. The predicted octanol–water partition coefficient (Wildman–Crippen LogP) is 4.76. The SMILES string of the molecule is CCc1c(C)c[nH]c1C(c1ccc(CO)cc1)c1[nH]cc(C)c1CC. The molecule has 0 radical (unpaired) electrons. The Hall–Kier alpha value is -2.26. The molecule has 2 heterocycles. The van der Waals surface area contributed by atoms with E-state index in [1.54, 1.807) is 0 Å². The topological polar surface area (TPSA) is 51.8 Å². The van der Waals surface area contributed by atoms with E-state index in [1.807, 2.05) is 12.1 Å². The van der Waals surface area contributed by atoms with E-state index < -0.39 is 0 Å². The normalized spacial score (nSPS) is 11.4. The van der Waals surface area contributed by atoms with Crippen molar-refractivity contribution in [2.24, 2.45) is 0 Å². The van der Waals surface area contributed by atoms with Gasteiger partial charge in [0.25, 0.3) is 0 Å². The van der Waals surface area contributed by atoms with Crippen molar-refractivity contribution in [1.82, 2.24) is 9.97 Å². The molecule has 0 bridgehead atoms. The van der Waals surface area contributed by atoms with Crippen LogP contribution in [0.5, 0.6) is 0 Å². The van der Waals surface area contributed by atoms with Crippen LogP contribution in [0.4, 0.5) is 0 Å². The molecule has 0 atom stereocenters. The number of aryl methyl sites for hydroxylation is 2. The van der Waals surface area contributed by atoms with E-state index in [0.717, 1.165) is 18.4 Å². The first-order valence-corrected chi connectivity index (χ1v) is 9.13. The summed E-state index contributed by atoms with van der Waals surface area (Å²) in [4.78, 5) is 7.08. The zero-order valence-electron chi connectivity index (χ0n) is 15.6. The highest BCUT2D eigenvalue weighted by Crippen LogP contribution is 2.36. The quantitative estimate of drug-likeness (QED) is 0.597. The van der Waals surface area contributed by atoms with E-state index in [-0.39, 0.29) is 12.5 Å². The van der Waals surface area contributed by atoms with E-state index in [2.05, 4.69) is 62.2 Å². The highest BCUT2D eigenvalue weighted by atomic mass is 16.3. The van der Waals surface area contributed by atoms with Crippen LogP contribution < -0.4 is 0 Å². The molecule has 3 aromatic rings. The number of nitrogens with one attached hydrogen (secondary N) is 2. The molecule has 0 aliphatic carbocycles. The smallest absolute Gasteiger partial charge is 0.0681 e. The largest absolute Gasteiger partial charge is 0.392 e. The highest BCUT2D eigenvalue weighted by molar-refractivity contribution is 5.48. The summed E-state index contributed by atoms with van der Waals surface area (Å²) in [5.74, 6) is 0.153. The summed E-state index contributed by atoms with van der Waals surface area (Å²) in [6, 6.07) is 8.32. The first kappa shape index (κ1) is 17.6. The zero-order chi connectivity index (χ0) is 18.0. The van der Waals surface area contributed by atoms with E-state index in [0.29, 0.717) is 0 Å². The summed E-state index contributed by atoms with van der Waals surface area (Å²) in [6.45, 7) is 8.85. The Morgan fingerprint density at radius 1 is 0.840 bits per heavy atom. The monoisotopic (exact) mass is 336 g/mol. The number of rotatable bonds is 6. The van der Waals surface area contributed by atoms with Gasteiger partial charge in [0.2, 0.25) is 0 Å². The minimum Gasteiger partial charge on any atom is -0.392 e. The van der Waals surface area contributed by atoms with Gasteiger partial charge in [0.1, 0.15) is 0 Å². The zero-order valence-corrected chi connectivity index (χ0v) is 15.6. The molecule has 0 aliphatic rings. The lowest BCUT2D eigenvalue weighted by Crippen LogP contribution is -2.09. The van der Waals surface area contributed by atoms with Crippen LogP contribution in [-0.4, -0.2) is 15.1 Å². The Labute approximate surface area is 150 Å². The van der Waals surface area contributed by atoms with Crippen LogP contribution in [0.25, 0.3) is 0 Å². The van der Waals surface area contributed by atoms with Crippen molar-refractivity contribution in [3.05, 3.63) is 81.4 Å². The molecule has 3 nitrogen and oxygen atoms in total. The van der Waals surface area contributed by atoms with Gasteiger partial charge in [-0.1, -0.05) is 38.1 Å². The van der Waals surface area contributed by atoms with E-state index >= 15 is 0 Å². The summed E-state index contributed by atoms with van der Waals surface area (Å²) < 4.78 is 0. The third-order valence-electron chi connectivity index (χ3n) is 5.27. The molecule has 3 heteroatoms. The lowest BCUT2D eigenvalue weighted by atomic mass is 9.86. The standard InChI is InChI=1S/C22H28N2O/c1-5-18-14(3)11-23-21(18)20(17-9-7-16(13-25)8-10-17)22-19(6-2)15(4)12-24-22/h7-12,20,23-25H,5-6,13H2,1-4H3. The van der Waals surface area contributed by atoms with Gasteiger partial charge in [-0.2, -0.15) is 0 Å². The summed E-state index contributed by atoms with van der Waals surface area (Å²) in [6.07, 6.45) is 6.25. The molecular weight excluding hydrogens is 308 g/mol. The molecule has 3 N–H and O–H groups in total. The maximum absolute atomic E-state index is 9.36. The molecule has 0 spiro atoms. The molecule has 2 aromatic heterocycles. The van der Waals surface area contributed by atoms with Crippen molar-refractivity contribution in [3.63, 3.8) is 0 Å². The van der Waals surface area contributed by atoms with Crippen molar-refractivity contribution < 1.29 is 5.11 Å². The van der Waals surface area contributed by atoms with Crippen LogP contribution in [0.1, 0.15) is 64.5 Å². The predicted molar refractivity (Wildman–Crippen MR) is 103 cm³/mol. The molecule has 0 fully saturated rings. The molecule has 25 heavy (non-hydrogen) atoms. The summed E-state index contributed by atoms with van der Waals surface area (Å²) in [5, 5.41) is 9.36. The van der Waals surface area contributed by atoms with Crippen LogP contribution in [0.2, 0.25) is 0 Å². The molecule has 132 valence electrons. The second kappa shape index (κ2) is 7.32. The Kier molecular flexibility index (Phi) is 5.14. The second-order valence-electron chi connectivity index (χ2n) is 6.77. The Morgan fingerprint density at radius 2 is 1.32 bits per heavy atom. The fourth-order valence-corrected chi connectivity index (χ4v) is 3.89. The minimum atomic E-state index is 0.0780. The van der Waals surface area contributed by atoms with Crippen LogP contribution in [0.3, 0.4) is 0 Å². The lowest BCUT2D eigenvalue weighted by molar-refractivity contribution is 0.282. The van der Waals surface area contributed by atoms with E-state index in [4.69, 9.17) is 0 Å². The van der Waals surface area contributed by atoms with Gasteiger partial charge in [-0.05, 0) is 60.1 Å². The average Bonchev–Trinajstić information content (AvgIpc) is 3.18. The van der Waals surface area contributed by atoms with Crippen molar-refractivity contribution in [1.29, 1.82) is 0 Å². The number of hydrogen-bond donors (Lipinski definition) is 3. The van der Waals surface area contributed by atoms with Crippen molar-refractivity contribution in [2.75, 3.05) is 0 Å². The fourth-order valence-electron chi connectivity index (χ4n) is 3.89. The van der Waals surface area contributed by atoms with Gasteiger partial charge in [0.05, 0.1) is 12.5 Å². The number of aromatic nitrogens is 2. The highest BCUT2D eigenvalue weighted by Gasteiger charge is 2.25. The number of aliphatic hydroxyl groups is 1. The third kappa shape index (κ3) is 3.16. The maximum atomic E-state index is 9.36. The number of H-pyrrole nitrogens is 2. The van der Waals surface area contributed by atoms with Gasteiger partial charge in [-0.3, -0.25) is 0 Å². The molecule has 0 unspecified atom stereocenters. The van der Waals surface area contributed by atoms with Crippen LogP contribution in [0.15, 0.2) is 36.7 Å². The van der Waals surface area contributed by atoms with Gasteiger partial charge < -0.3 is 15.1 Å². The fraction of sp³-hybridized carbons (Fsp3) is 0.364. The van der Waals surface area contributed by atoms with Gasteiger partial charge >= 0.3 is 0 Å². The van der Waals surface area contributed by atoms with Crippen LogP contribution in [0, 0.1) is 13.8 Å². The third-order valence-corrected chi connectivity index (χ3v) is 5.27. The molecule has 0 saturated carbocycles. The van der Waals surface area contributed by atoms with E-state index in [9.17, 15) is 5.11 Å². The molecule has 3 rings (SSSR count). The summed E-state index contributed by atoms with van der Waals surface area (Å²) >= 11 is 0. The first-order chi connectivity index (χ1) is 12.1. The average molecular weight is 336 g/mol. The molecule has 1 aromatic carbocycles. The van der Waals surface area contributed by atoms with Gasteiger partial charge in [-0.15, -0.1) is 0 Å². The Morgan fingerprint density at radius 3 is 1.72 bits per heavy atom. The molecule has 0 amide bonds. The summed E-state index contributed by atoms with van der Waals surface area (Å²) in [5.41, 5.74) is 10.1. The first-order valence-electron chi connectivity index (χ1n) is 9.13.